The van der Waals surface area contributed by atoms with Gasteiger partial charge in [0.2, 0.25) is 0 Å². The fourth-order valence-electron chi connectivity index (χ4n) is 2.35. The second-order valence-corrected chi connectivity index (χ2v) is 5.11. The standard InChI is InChI=1S/C20H16N2O/c23-20(18-14-8-3-9-15-18)22-21-19(16-10-4-1-5-11-16)17-12-6-2-7-13-17/h1-15,19H. The van der Waals surface area contributed by atoms with E-state index in [-0.39, 0.29) is 11.9 Å². The predicted octanol–water partition coefficient (Wildman–Crippen LogP) is 5.07. The minimum atomic E-state index is -0.331. The summed E-state index contributed by atoms with van der Waals surface area (Å²) < 4.78 is 0. The van der Waals surface area contributed by atoms with Crippen molar-refractivity contribution in [3.8, 4) is 0 Å². The minimum absolute atomic E-state index is 0.287. The van der Waals surface area contributed by atoms with Crippen LogP contribution in [0.15, 0.2) is 101 Å². The molecule has 0 aliphatic rings. The van der Waals surface area contributed by atoms with Gasteiger partial charge in [0.25, 0.3) is 5.91 Å². The Morgan fingerprint density at radius 1 is 0.652 bits per heavy atom. The molecule has 3 rings (SSSR count). The van der Waals surface area contributed by atoms with Gasteiger partial charge in [-0.25, -0.2) is 0 Å². The molecule has 1 amide bonds. The van der Waals surface area contributed by atoms with Gasteiger partial charge in [0.1, 0.15) is 6.04 Å². The number of carbonyl (C=O) groups excluding carboxylic acids is 1. The van der Waals surface area contributed by atoms with Crippen molar-refractivity contribution in [2.45, 2.75) is 6.04 Å². The number of hydrogen-bond donors (Lipinski definition) is 0. The molecule has 0 atom stereocenters. The summed E-state index contributed by atoms with van der Waals surface area (Å²) in [5.41, 5.74) is 2.54. The molecule has 0 radical (unpaired) electrons. The van der Waals surface area contributed by atoms with Gasteiger partial charge in [-0.3, -0.25) is 4.79 Å². The van der Waals surface area contributed by atoms with Crippen molar-refractivity contribution in [3.63, 3.8) is 0 Å². The number of nitrogens with zero attached hydrogens (tertiary/aromatic N) is 2. The maximum absolute atomic E-state index is 12.2. The highest BCUT2D eigenvalue weighted by Gasteiger charge is 2.13. The van der Waals surface area contributed by atoms with E-state index in [1.807, 2.05) is 78.9 Å². The Morgan fingerprint density at radius 2 is 1.09 bits per heavy atom. The van der Waals surface area contributed by atoms with Gasteiger partial charge in [-0.1, -0.05) is 78.9 Å². The Labute approximate surface area is 135 Å². The lowest BCUT2D eigenvalue weighted by atomic mass is 10.00. The first kappa shape index (κ1) is 14.9. The van der Waals surface area contributed by atoms with Crippen LogP contribution in [-0.4, -0.2) is 5.91 Å². The Bertz CT molecular complexity index is 744. The van der Waals surface area contributed by atoms with E-state index in [4.69, 9.17) is 0 Å². The summed E-state index contributed by atoms with van der Waals surface area (Å²) in [4.78, 5) is 12.2. The molecule has 0 unspecified atom stereocenters. The molecule has 23 heavy (non-hydrogen) atoms. The molecule has 0 aliphatic carbocycles. The van der Waals surface area contributed by atoms with Crippen molar-refractivity contribution < 1.29 is 4.79 Å². The van der Waals surface area contributed by atoms with Gasteiger partial charge in [-0.2, -0.15) is 5.11 Å². The molecule has 0 aromatic heterocycles. The Hall–Kier alpha value is -3.07. The van der Waals surface area contributed by atoms with Crippen molar-refractivity contribution in [1.29, 1.82) is 0 Å². The summed E-state index contributed by atoms with van der Waals surface area (Å²) in [5.74, 6) is -0.331. The fraction of sp³-hybridized carbons (Fsp3) is 0.0500. The lowest BCUT2D eigenvalue weighted by molar-refractivity contribution is 0.0992. The summed E-state index contributed by atoms with van der Waals surface area (Å²) in [7, 11) is 0. The van der Waals surface area contributed by atoms with E-state index in [2.05, 4.69) is 10.2 Å². The molecule has 0 saturated heterocycles. The molecule has 0 aliphatic heterocycles. The lowest BCUT2D eigenvalue weighted by Gasteiger charge is -2.11. The number of carbonyl (C=O) groups is 1. The molecule has 112 valence electrons. The average molecular weight is 300 g/mol. The zero-order valence-electron chi connectivity index (χ0n) is 12.5. The van der Waals surface area contributed by atoms with Crippen molar-refractivity contribution in [2.24, 2.45) is 10.2 Å². The molecular formula is C20H16N2O. The minimum Gasteiger partial charge on any atom is -0.265 e. The Balaban J connectivity index is 1.91. The van der Waals surface area contributed by atoms with Crippen molar-refractivity contribution in [2.75, 3.05) is 0 Å². The van der Waals surface area contributed by atoms with Gasteiger partial charge in [0, 0.05) is 5.56 Å². The third-order valence-electron chi connectivity index (χ3n) is 3.52. The van der Waals surface area contributed by atoms with E-state index in [0.29, 0.717) is 5.56 Å². The maximum Gasteiger partial charge on any atom is 0.295 e. The monoisotopic (exact) mass is 300 g/mol. The van der Waals surface area contributed by atoms with Crippen LogP contribution in [0.5, 0.6) is 0 Å². The zero-order chi connectivity index (χ0) is 15.9. The van der Waals surface area contributed by atoms with Crippen LogP contribution in [0.4, 0.5) is 0 Å². The largest absolute Gasteiger partial charge is 0.295 e. The maximum atomic E-state index is 12.2. The van der Waals surface area contributed by atoms with Crippen molar-refractivity contribution >= 4 is 5.91 Å². The normalized spacial score (nSPS) is 11.0. The van der Waals surface area contributed by atoms with E-state index < -0.39 is 0 Å². The van der Waals surface area contributed by atoms with Crippen LogP contribution in [-0.2, 0) is 0 Å². The van der Waals surface area contributed by atoms with Gasteiger partial charge >= 0.3 is 0 Å². The Morgan fingerprint density at radius 3 is 1.57 bits per heavy atom. The van der Waals surface area contributed by atoms with E-state index in [0.717, 1.165) is 11.1 Å². The number of benzene rings is 3. The number of rotatable bonds is 4. The van der Waals surface area contributed by atoms with Crippen LogP contribution in [0.25, 0.3) is 0 Å². The SMILES string of the molecule is O=C(N=NC(c1ccccc1)c1ccccc1)c1ccccc1. The molecular weight excluding hydrogens is 284 g/mol. The first-order valence-corrected chi connectivity index (χ1v) is 7.45. The highest BCUT2D eigenvalue weighted by Crippen LogP contribution is 2.26. The number of hydrogen-bond acceptors (Lipinski definition) is 2. The van der Waals surface area contributed by atoms with Crippen molar-refractivity contribution in [3.05, 3.63) is 108 Å². The van der Waals surface area contributed by atoms with Crippen LogP contribution in [0, 0.1) is 0 Å². The Kier molecular flexibility index (Phi) is 4.69. The third kappa shape index (κ3) is 3.77. The topological polar surface area (TPSA) is 41.8 Å². The van der Waals surface area contributed by atoms with Crippen LogP contribution in [0.2, 0.25) is 0 Å². The summed E-state index contributed by atoms with van der Waals surface area (Å²) in [6.45, 7) is 0. The first-order chi connectivity index (χ1) is 11.3. The van der Waals surface area contributed by atoms with E-state index in [1.54, 1.807) is 12.1 Å². The summed E-state index contributed by atoms with van der Waals surface area (Å²) in [6, 6.07) is 28.4. The molecule has 0 bridgehead atoms. The quantitative estimate of drug-likeness (QED) is 0.620. The highest BCUT2D eigenvalue weighted by atomic mass is 16.1. The molecule has 0 N–H and O–H groups in total. The molecule has 0 saturated carbocycles. The molecule has 0 spiro atoms. The summed E-state index contributed by atoms with van der Waals surface area (Å²) in [5, 5.41) is 8.25. The van der Waals surface area contributed by atoms with Crippen LogP contribution >= 0.6 is 0 Å². The van der Waals surface area contributed by atoms with Gasteiger partial charge in [0.05, 0.1) is 0 Å². The molecule has 3 aromatic rings. The fourth-order valence-corrected chi connectivity index (χ4v) is 2.35. The van der Waals surface area contributed by atoms with Crippen LogP contribution in [0.3, 0.4) is 0 Å². The number of azo groups is 1. The molecule has 0 heterocycles. The summed E-state index contributed by atoms with van der Waals surface area (Å²) >= 11 is 0. The molecule has 0 fully saturated rings. The van der Waals surface area contributed by atoms with Gasteiger partial charge in [0.15, 0.2) is 0 Å². The van der Waals surface area contributed by atoms with Crippen molar-refractivity contribution in [1.82, 2.24) is 0 Å². The van der Waals surface area contributed by atoms with Crippen LogP contribution < -0.4 is 0 Å². The van der Waals surface area contributed by atoms with E-state index in [9.17, 15) is 4.79 Å². The molecule has 3 nitrogen and oxygen atoms in total. The lowest BCUT2D eigenvalue weighted by Crippen LogP contribution is -1.99. The van der Waals surface area contributed by atoms with Gasteiger partial charge in [-0.15, -0.1) is 5.11 Å². The molecule has 3 aromatic carbocycles. The first-order valence-electron chi connectivity index (χ1n) is 7.45. The van der Waals surface area contributed by atoms with Crippen LogP contribution in [0.1, 0.15) is 27.5 Å². The number of amides is 1. The summed E-state index contributed by atoms with van der Waals surface area (Å²) in [6.07, 6.45) is 0. The second-order valence-electron chi connectivity index (χ2n) is 5.11. The smallest absolute Gasteiger partial charge is 0.265 e. The molecule has 3 heteroatoms. The average Bonchev–Trinajstić information content (AvgIpc) is 2.64. The third-order valence-corrected chi connectivity index (χ3v) is 3.52. The van der Waals surface area contributed by atoms with E-state index >= 15 is 0 Å². The second kappa shape index (κ2) is 7.27. The van der Waals surface area contributed by atoms with E-state index in [1.165, 1.54) is 0 Å². The predicted molar refractivity (Wildman–Crippen MR) is 90.4 cm³/mol. The zero-order valence-corrected chi connectivity index (χ0v) is 12.5. The van der Waals surface area contributed by atoms with Gasteiger partial charge < -0.3 is 0 Å². The van der Waals surface area contributed by atoms with Gasteiger partial charge in [-0.05, 0) is 23.3 Å². The highest BCUT2D eigenvalue weighted by molar-refractivity contribution is 5.94.